The van der Waals surface area contributed by atoms with Gasteiger partial charge in [-0.15, -0.1) is 0 Å². The lowest BCUT2D eigenvalue weighted by Crippen LogP contribution is -2.07. The summed E-state index contributed by atoms with van der Waals surface area (Å²) < 4.78 is 2.10. The average Bonchev–Trinajstić information content (AvgIpc) is 2.42. The van der Waals surface area contributed by atoms with E-state index >= 15 is 0 Å². The Morgan fingerprint density at radius 3 is 2.60 bits per heavy atom. The maximum atomic E-state index is 6.08. The van der Waals surface area contributed by atoms with Crippen molar-refractivity contribution < 1.29 is 0 Å². The van der Waals surface area contributed by atoms with Gasteiger partial charge < -0.3 is 10.3 Å². The normalized spacial score (nSPS) is 11.3. The molecule has 0 aromatic carbocycles. The van der Waals surface area contributed by atoms with E-state index in [-0.39, 0.29) is 0 Å². The summed E-state index contributed by atoms with van der Waals surface area (Å²) in [5.41, 5.74) is 7.14. The molecule has 0 aliphatic heterocycles. The first-order valence-corrected chi connectivity index (χ1v) is 6.64. The molecule has 0 saturated carbocycles. The number of thioether (sulfide) groups is 1. The molecule has 4 heteroatoms. The van der Waals surface area contributed by atoms with Crippen LogP contribution in [0.4, 0.5) is 5.82 Å². The van der Waals surface area contributed by atoms with Gasteiger partial charge in [0.15, 0.2) is 0 Å². The summed E-state index contributed by atoms with van der Waals surface area (Å²) in [4.78, 5) is 4.53. The van der Waals surface area contributed by atoms with Crippen molar-refractivity contribution in [2.45, 2.75) is 40.2 Å². The molecule has 1 rings (SSSR count). The van der Waals surface area contributed by atoms with Crippen LogP contribution in [0.1, 0.15) is 38.3 Å². The summed E-state index contributed by atoms with van der Waals surface area (Å²) in [6, 6.07) is 0.394. The Morgan fingerprint density at radius 1 is 1.47 bits per heavy atom. The van der Waals surface area contributed by atoms with Gasteiger partial charge in [0.1, 0.15) is 11.6 Å². The summed E-state index contributed by atoms with van der Waals surface area (Å²) >= 11 is 1.93. The van der Waals surface area contributed by atoms with Crippen LogP contribution < -0.4 is 5.73 Å². The first-order chi connectivity index (χ1) is 7.07. The van der Waals surface area contributed by atoms with Crippen molar-refractivity contribution in [3.63, 3.8) is 0 Å². The summed E-state index contributed by atoms with van der Waals surface area (Å²) in [7, 11) is 0. The molecule has 0 fully saturated rings. The highest BCUT2D eigenvalue weighted by molar-refractivity contribution is 7.99. The molecule has 1 aromatic rings. The zero-order chi connectivity index (χ0) is 11.4. The van der Waals surface area contributed by atoms with Crippen molar-refractivity contribution >= 4 is 17.6 Å². The Bertz CT molecular complexity index is 318. The smallest absolute Gasteiger partial charge is 0.127 e. The molecule has 0 bridgehead atoms. The Balaban J connectivity index is 2.77. The van der Waals surface area contributed by atoms with E-state index in [0.717, 1.165) is 35.3 Å². The molecule has 0 spiro atoms. The SMILES string of the molecule is CCSCCc1nc(C)n(C(C)C)c1N. The van der Waals surface area contributed by atoms with Gasteiger partial charge in [0, 0.05) is 12.5 Å². The third-order valence-corrected chi connectivity index (χ3v) is 3.31. The van der Waals surface area contributed by atoms with Crippen molar-refractivity contribution in [2.75, 3.05) is 17.2 Å². The van der Waals surface area contributed by atoms with E-state index in [0.29, 0.717) is 6.04 Å². The largest absolute Gasteiger partial charge is 0.384 e. The van der Waals surface area contributed by atoms with Crippen LogP contribution in [-0.2, 0) is 6.42 Å². The molecule has 0 aliphatic rings. The zero-order valence-electron chi connectivity index (χ0n) is 10.1. The van der Waals surface area contributed by atoms with Crippen LogP contribution in [0.15, 0.2) is 0 Å². The van der Waals surface area contributed by atoms with Crippen LogP contribution in [0.5, 0.6) is 0 Å². The van der Waals surface area contributed by atoms with Crippen molar-refractivity contribution in [2.24, 2.45) is 0 Å². The van der Waals surface area contributed by atoms with Crippen LogP contribution in [0.2, 0.25) is 0 Å². The first-order valence-electron chi connectivity index (χ1n) is 5.48. The predicted octanol–water partition coefficient (Wildman–Crippen LogP) is 2.65. The second-order valence-electron chi connectivity index (χ2n) is 3.90. The number of aryl methyl sites for hydroxylation is 2. The third kappa shape index (κ3) is 2.91. The number of hydrogen-bond donors (Lipinski definition) is 1. The van der Waals surface area contributed by atoms with Gasteiger partial charge in [-0.05, 0) is 32.3 Å². The van der Waals surface area contributed by atoms with E-state index in [1.165, 1.54) is 0 Å². The molecule has 1 heterocycles. The number of hydrogen-bond acceptors (Lipinski definition) is 3. The molecule has 2 N–H and O–H groups in total. The van der Waals surface area contributed by atoms with Crippen LogP contribution in [0.3, 0.4) is 0 Å². The van der Waals surface area contributed by atoms with E-state index in [9.17, 15) is 0 Å². The number of nitrogen functional groups attached to an aromatic ring is 1. The Morgan fingerprint density at radius 2 is 2.13 bits per heavy atom. The Hall–Kier alpha value is -0.640. The van der Waals surface area contributed by atoms with E-state index in [2.05, 4.69) is 30.3 Å². The lowest BCUT2D eigenvalue weighted by molar-refractivity contribution is 0.590. The summed E-state index contributed by atoms with van der Waals surface area (Å²) in [5, 5.41) is 0. The van der Waals surface area contributed by atoms with Crippen molar-refractivity contribution in [3.05, 3.63) is 11.5 Å². The number of rotatable bonds is 5. The first kappa shape index (κ1) is 12.4. The Kier molecular flexibility index (Phi) is 4.51. The number of anilines is 1. The molecular weight excluding hydrogens is 206 g/mol. The predicted molar refractivity (Wildman–Crippen MR) is 68.5 cm³/mol. The van der Waals surface area contributed by atoms with E-state index in [4.69, 9.17) is 5.73 Å². The van der Waals surface area contributed by atoms with Gasteiger partial charge in [-0.1, -0.05) is 6.92 Å². The molecule has 0 unspecified atom stereocenters. The van der Waals surface area contributed by atoms with Gasteiger partial charge in [-0.3, -0.25) is 0 Å². The maximum absolute atomic E-state index is 6.08. The molecule has 0 atom stereocenters. The second-order valence-corrected chi connectivity index (χ2v) is 5.30. The van der Waals surface area contributed by atoms with Crippen molar-refractivity contribution in [1.29, 1.82) is 0 Å². The van der Waals surface area contributed by atoms with E-state index < -0.39 is 0 Å². The molecule has 1 aromatic heterocycles. The highest BCUT2D eigenvalue weighted by Gasteiger charge is 2.13. The Labute approximate surface area is 96.5 Å². The van der Waals surface area contributed by atoms with Gasteiger partial charge >= 0.3 is 0 Å². The van der Waals surface area contributed by atoms with Crippen molar-refractivity contribution in [1.82, 2.24) is 9.55 Å². The lowest BCUT2D eigenvalue weighted by atomic mass is 10.3. The average molecular weight is 227 g/mol. The highest BCUT2D eigenvalue weighted by Crippen LogP contribution is 2.20. The molecule has 0 aliphatic carbocycles. The van der Waals surface area contributed by atoms with Crippen LogP contribution in [0, 0.1) is 6.92 Å². The van der Waals surface area contributed by atoms with E-state index in [1.54, 1.807) is 0 Å². The topological polar surface area (TPSA) is 43.8 Å². The van der Waals surface area contributed by atoms with Gasteiger partial charge in [0.25, 0.3) is 0 Å². The van der Waals surface area contributed by atoms with Gasteiger partial charge in [0.2, 0.25) is 0 Å². The van der Waals surface area contributed by atoms with Crippen LogP contribution in [-0.4, -0.2) is 21.1 Å². The fourth-order valence-electron chi connectivity index (χ4n) is 1.77. The third-order valence-electron chi connectivity index (χ3n) is 2.40. The second kappa shape index (κ2) is 5.45. The molecule has 0 saturated heterocycles. The zero-order valence-corrected chi connectivity index (χ0v) is 10.9. The van der Waals surface area contributed by atoms with Crippen molar-refractivity contribution in [3.8, 4) is 0 Å². The summed E-state index contributed by atoms with van der Waals surface area (Å²) in [6.45, 7) is 8.46. The van der Waals surface area contributed by atoms with Gasteiger partial charge in [0.05, 0.1) is 5.69 Å². The van der Waals surface area contributed by atoms with E-state index in [1.807, 2.05) is 18.7 Å². The minimum absolute atomic E-state index is 0.394. The van der Waals surface area contributed by atoms with Crippen LogP contribution in [0.25, 0.3) is 0 Å². The fourth-order valence-corrected chi connectivity index (χ4v) is 2.40. The number of aromatic nitrogens is 2. The lowest BCUT2D eigenvalue weighted by Gasteiger charge is -2.11. The minimum atomic E-state index is 0.394. The molecule has 0 radical (unpaired) electrons. The van der Waals surface area contributed by atoms with Crippen LogP contribution >= 0.6 is 11.8 Å². The maximum Gasteiger partial charge on any atom is 0.127 e. The molecule has 0 amide bonds. The number of imidazole rings is 1. The molecular formula is C11H21N3S. The molecule has 15 heavy (non-hydrogen) atoms. The minimum Gasteiger partial charge on any atom is -0.384 e. The molecule has 86 valence electrons. The highest BCUT2D eigenvalue weighted by atomic mass is 32.2. The fraction of sp³-hybridized carbons (Fsp3) is 0.727. The quantitative estimate of drug-likeness (QED) is 0.786. The summed E-state index contributed by atoms with van der Waals surface area (Å²) in [5.74, 6) is 4.14. The number of nitrogens with two attached hydrogens (primary N) is 1. The van der Waals surface area contributed by atoms with Gasteiger partial charge in [-0.2, -0.15) is 11.8 Å². The van der Waals surface area contributed by atoms with Gasteiger partial charge in [-0.25, -0.2) is 4.98 Å². The monoisotopic (exact) mass is 227 g/mol. The standard InChI is InChI=1S/C11H21N3S/c1-5-15-7-6-10-11(12)14(8(2)3)9(4)13-10/h8H,5-7,12H2,1-4H3. The number of nitrogens with zero attached hydrogens (tertiary/aromatic N) is 2. The molecule has 3 nitrogen and oxygen atoms in total. The summed E-state index contributed by atoms with van der Waals surface area (Å²) in [6.07, 6.45) is 0.977.